The van der Waals surface area contributed by atoms with Crippen LogP contribution in [-0.2, 0) is 6.61 Å². The summed E-state index contributed by atoms with van der Waals surface area (Å²) in [7, 11) is 0. The van der Waals surface area contributed by atoms with Gasteiger partial charge >= 0.3 is 0 Å². The van der Waals surface area contributed by atoms with Gasteiger partial charge in [-0.2, -0.15) is 0 Å². The molecule has 0 radical (unpaired) electrons. The van der Waals surface area contributed by atoms with Gasteiger partial charge in [0, 0.05) is 11.8 Å². The number of rotatable bonds is 2. The normalized spacial score (nSPS) is 10.8. The SMILES string of the molecule is Nc1c(CO)c[nH]c(=O)c1C(F)F. The minimum Gasteiger partial charge on any atom is -0.398 e. The van der Waals surface area contributed by atoms with Crippen LogP contribution in [0.3, 0.4) is 0 Å². The van der Waals surface area contributed by atoms with Gasteiger partial charge in [0.25, 0.3) is 12.0 Å². The molecule has 1 aromatic heterocycles. The Morgan fingerprint density at radius 2 is 2.23 bits per heavy atom. The summed E-state index contributed by atoms with van der Waals surface area (Å²) in [5.74, 6) is 0. The van der Waals surface area contributed by atoms with Crippen LogP contribution in [0.25, 0.3) is 0 Å². The van der Waals surface area contributed by atoms with E-state index in [0.29, 0.717) is 0 Å². The molecule has 0 saturated heterocycles. The number of nitrogen functional groups attached to an aromatic ring is 1. The van der Waals surface area contributed by atoms with Gasteiger partial charge < -0.3 is 15.8 Å². The average Bonchev–Trinajstić information content (AvgIpc) is 2.04. The molecule has 0 unspecified atom stereocenters. The lowest BCUT2D eigenvalue weighted by molar-refractivity contribution is 0.150. The lowest BCUT2D eigenvalue weighted by Gasteiger charge is -2.06. The summed E-state index contributed by atoms with van der Waals surface area (Å²) in [4.78, 5) is 12.9. The number of aromatic nitrogens is 1. The van der Waals surface area contributed by atoms with Gasteiger partial charge in [-0.25, -0.2) is 8.78 Å². The van der Waals surface area contributed by atoms with E-state index in [2.05, 4.69) is 4.98 Å². The zero-order valence-corrected chi connectivity index (χ0v) is 6.55. The summed E-state index contributed by atoms with van der Waals surface area (Å²) in [5, 5.41) is 8.67. The summed E-state index contributed by atoms with van der Waals surface area (Å²) in [6.45, 7) is -0.484. The Morgan fingerprint density at radius 1 is 1.62 bits per heavy atom. The van der Waals surface area contributed by atoms with Gasteiger partial charge in [0.1, 0.15) is 5.56 Å². The van der Waals surface area contributed by atoms with Crippen molar-refractivity contribution in [1.29, 1.82) is 0 Å². The van der Waals surface area contributed by atoms with Crippen LogP contribution in [0.5, 0.6) is 0 Å². The smallest absolute Gasteiger partial charge is 0.271 e. The average molecular weight is 190 g/mol. The summed E-state index contributed by atoms with van der Waals surface area (Å²) in [6.07, 6.45) is -1.82. The quantitative estimate of drug-likeness (QED) is 0.631. The summed E-state index contributed by atoms with van der Waals surface area (Å²) < 4.78 is 24.4. The van der Waals surface area contributed by atoms with Crippen molar-refractivity contribution >= 4 is 5.69 Å². The third-order valence-corrected chi connectivity index (χ3v) is 1.65. The molecule has 4 N–H and O–H groups in total. The highest BCUT2D eigenvalue weighted by molar-refractivity contribution is 5.52. The molecule has 0 aliphatic heterocycles. The molecule has 0 aliphatic carbocycles. The zero-order chi connectivity index (χ0) is 10.0. The molecule has 0 aliphatic rings. The standard InChI is InChI=1S/C7H8F2N2O2/c8-6(9)4-5(10)3(2-12)1-11-7(4)13/h1,6,12H,2H2,(H3,10,11,13). The number of anilines is 1. The lowest BCUT2D eigenvalue weighted by atomic mass is 10.1. The molecule has 6 heteroatoms. The second kappa shape index (κ2) is 3.53. The third kappa shape index (κ3) is 1.67. The number of pyridine rings is 1. The van der Waals surface area contributed by atoms with Gasteiger partial charge in [-0.05, 0) is 0 Å². The molecule has 13 heavy (non-hydrogen) atoms. The number of hydrogen-bond acceptors (Lipinski definition) is 3. The van der Waals surface area contributed by atoms with E-state index >= 15 is 0 Å². The maximum Gasteiger partial charge on any atom is 0.271 e. The van der Waals surface area contributed by atoms with Gasteiger partial charge in [0.15, 0.2) is 0 Å². The van der Waals surface area contributed by atoms with E-state index in [1.54, 1.807) is 0 Å². The molecule has 72 valence electrons. The van der Waals surface area contributed by atoms with Crippen molar-refractivity contribution in [2.24, 2.45) is 0 Å². The van der Waals surface area contributed by atoms with Crippen molar-refractivity contribution in [3.8, 4) is 0 Å². The minimum absolute atomic E-state index is 0.0925. The first-order valence-electron chi connectivity index (χ1n) is 3.47. The van der Waals surface area contributed by atoms with Crippen molar-refractivity contribution in [3.63, 3.8) is 0 Å². The van der Waals surface area contributed by atoms with Gasteiger partial charge in [0.2, 0.25) is 0 Å². The van der Waals surface area contributed by atoms with E-state index in [1.807, 2.05) is 0 Å². The van der Waals surface area contributed by atoms with E-state index < -0.39 is 24.2 Å². The second-order valence-electron chi connectivity index (χ2n) is 2.43. The molecule has 1 heterocycles. The highest BCUT2D eigenvalue weighted by atomic mass is 19.3. The topological polar surface area (TPSA) is 79.1 Å². The van der Waals surface area contributed by atoms with Crippen LogP contribution in [0.2, 0.25) is 0 Å². The fourth-order valence-corrected chi connectivity index (χ4v) is 0.951. The zero-order valence-electron chi connectivity index (χ0n) is 6.55. The molecule has 1 aromatic rings. The molecule has 0 bridgehead atoms. The molecule has 0 fully saturated rings. The Labute approximate surface area is 72.0 Å². The summed E-state index contributed by atoms with van der Waals surface area (Å²) >= 11 is 0. The molecule has 0 aromatic carbocycles. The number of aliphatic hydroxyl groups is 1. The van der Waals surface area contributed by atoms with Crippen molar-refractivity contribution in [2.75, 3.05) is 5.73 Å². The fourth-order valence-electron chi connectivity index (χ4n) is 0.951. The van der Waals surface area contributed by atoms with Gasteiger partial charge in [-0.15, -0.1) is 0 Å². The highest BCUT2D eigenvalue weighted by Gasteiger charge is 2.18. The van der Waals surface area contributed by atoms with Crippen LogP contribution in [-0.4, -0.2) is 10.1 Å². The van der Waals surface area contributed by atoms with Crippen molar-refractivity contribution in [3.05, 3.63) is 27.7 Å². The largest absolute Gasteiger partial charge is 0.398 e. The number of nitrogens with two attached hydrogens (primary N) is 1. The number of alkyl halides is 2. The Hall–Kier alpha value is -1.43. The number of halogens is 2. The molecule has 0 atom stereocenters. The van der Waals surface area contributed by atoms with Crippen LogP contribution in [0.1, 0.15) is 17.6 Å². The number of aromatic amines is 1. The van der Waals surface area contributed by atoms with E-state index in [1.165, 1.54) is 0 Å². The number of H-pyrrole nitrogens is 1. The Kier molecular flexibility index (Phi) is 2.62. The maximum atomic E-state index is 12.2. The van der Waals surface area contributed by atoms with Crippen molar-refractivity contribution in [2.45, 2.75) is 13.0 Å². The first-order chi connectivity index (χ1) is 6.07. The molecule has 1 rings (SSSR count). The maximum absolute atomic E-state index is 12.2. The van der Waals surface area contributed by atoms with Crippen LogP contribution in [0.15, 0.2) is 11.0 Å². The van der Waals surface area contributed by atoms with Crippen LogP contribution >= 0.6 is 0 Å². The summed E-state index contributed by atoms with van der Waals surface area (Å²) in [5.41, 5.74) is 3.27. The Morgan fingerprint density at radius 3 is 2.69 bits per heavy atom. The summed E-state index contributed by atoms with van der Waals surface area (Å²) in [6, 6.07) is 0. The predicted octanol–water partition coefficient (Wildman–Crippen LogP) is 0.387. The van der Waals surface area contributed by atoms with Gasteiger partial charge in [0.05, 0.1) is 12.3 Å². The minimum atomic E-state index is -2.93. The van der Waals surface area contributed by atoms with Gasteiger partial charge in [-0.1, -0.05) is 0 Å². The molecular formula is C7H8F2N2O2. The Balaban J connectivity index is 3.39. The molecular weight excluding hydrogens is 182 g/mol. The third-order valence-electron chi connectivity index (χ3n) is 1.65. The first-order valence-corrected chi connectivity index (χ1v) is 3.47. The number of aliphatic hydroxyl groups excluding tert-OH is 1. The molecule has 0 spiro atoms. The lowest BCUT2D eigenvalue weighted by Crippen LogP contribution is -2.17. The van der Waals surface area contributed by atoms with Crippen molar-refractivity contribution < 1.29 is 13.9 Å². The fraction of sp³-hybridized carbons (Fsp3) is 0.286. The molecule has 4 nitrogen and oxygen atoms in total. The highest BCUT2D eigenvalue weighted by Crippen LogP contribution is 2.23. The number of hydrogen-bond donors (Lipinski definition) is 3. The van der Waals surface area contributed by atoms with E-state index in [4.69, 9.17) is 10.8 Å². The molecule has 0 amide bonds. The van der Waals surface area contributed by atoms with Crippen LogP contribution in [0.4, 0.5) is 14.5 Å². The van der Waals surface area contributed by atoms with Crippen LogP contribution < -0.4 is 11.3 Å². The Bertz CT molecular complexity index is 362. The van der Waals surface area contributed by atoms with E-state index in [0.717, 1.165) is 6.20 Å². The van der Waals surface area contributed by atoms with Crippen LogP contribution in [0, 0.1) is 0 Å². The monoisotopic (exact) mass is 190 g/mol. The first kappa shape index (κ1) is 9.66. The second-order valence-corrected chi connectivity index (χ2v) is 2.43. The van der Waals surface area contributed by atoms with Gasteiger partial charge in [-0.3, -0.25) is 4.79 Å². The predicted molar refractivity (Wildman–Crippen MR) is 42.4 cm³/mol. The molecule has 0 saturated carbocycles. The number of nitrogens with one attached hydrogen (secondary N) is 1. The van der Waals surface area contributed by atoms with E-state index in [9.17, 15) is 13.6 Å². The van der Waals surface area contributed by atoms with E-state index in [-0.39, 0.29) is 11.3 Å². The van der Waals surface area contributed by atoms with Crippen molar-refractivity contribution in [1.82, 2.24) is 4.98 Å².